The van der Waals surface area contributed by atoms with Gasteiger partial charge in [-0.15, -0.1) is 0 Å². The van der Waals surface area contributed by atoms with Gasteiger partial charge in [0.1, 0.15) is 0 Å². The Morgan fingerprint density at radius 2 is 1.41 bits per heavy atom. The van der Waals surface area contributed by atoms with Crippen LogP contribution >= 0.6 is 39.1 Å². The molecule has 1 amide bonds. The van der Waals surface area contributed by atoms with E-state index in [4.69, 9.17) is 33.7 Å². The number of carbonyl (C=O) groups excluding carboxylic acids is 2. The maximum Gasteiger partial charge on any atom is 0.338 e. The number of nitrogens with zero attached hydrogens (tertiary/aromatic N) is 1. The molecule has 0 saturated heterocycles. The Morgan fingerprint density at radius 1 is 0.864 bits per heavy atom. The average Bonchev–Trinajstić information content (AvgIpc) is 3.33. The van der Waals surface area contributed by atoms with Crippen LogP contribution in [0.5, 0.6) is 0 Å². The summed E-state index contributed by atoms with van der Waals surface area (Å²) in [5, 5.41) is 1.75. The molecule has 232 valence electrons. The minimum absolute atomic E-state index is 0.0276. The molecule has 1 aliphatic heterocycles. The van der Waals surface area contributed by atoms with Gasteiger partial charge in [-0.25, -0.2) is 4.79 Å². The fourth-order valence-corrected chi connectivity index (χ4v) is 5.30. The molecule has 0 aromatic heterocycles. The van der Waals surface area contributed by atoms with Gasteiger partial charge >= 0.3 is 5.97 Å². The molecule has 0 radical (unpaired) electrons. The monoisotopic (exact) mass is 696 g/mol. The zero-order valence-electron chi connectivity index (χ0n) is 25.7. The van der Waals surface area contributed by atoms with E-state index in [9.17, 15) is 9.59 Å². The average molecular weight is 699 g/mol. The van der Waals surface area contributed by atoms with Gasteiger partial charge in [0.2, 0.25) is 0 Å². The van der Waals surface area contributed by atoms with Crippen LogP contribution in [0.1, 0.15) is 89.4 Å². The maximum atomic E-state index is 12.4. The third-order valence-electron chi connectivity index (χ3n) is 7.06. The predicted molar refractivity (Wildman–Crippen MR) is 187 cm³/mol. The van der Waals surface area contributed by atoms with Gasteiger partial charge in [0.15, 0.2) is 0 Å². The number of ether oxygens (including phenoxy) is 1. The normalized spacial score (nSPS) is 11.9. The highest BCUT2D eigenvalue weighted by Crippen LogP contribution is 2.31. The smallest absolute Gasteiger partial charge is 0.338 e. The molecule has 0 atom stereocenters. The first-order chi connectivity index (χ1) is 20.9. The molecule has 8 heteroatoms. The number of anilines is 2. The van der Waals surface area contributed by atoms with Gasteiger partial charge < -0.3 is 15.4 Å². The van der Waals surface area contributed by atoms with E-state index in [0.717, 1.165) is 22.5 Å². The summed E-state index contributed by atoms with van der Waals surface area (Å²) in [4.78, 5) is 25.7. The number of halogens is 3. The Balaban J connectivity index is 0.000000193. The molecule has 0 fully saturated rings. The number of hydrogen-bond donors (Lipinski definition) is 1. The molecule has 4 aromatic rings. The van der Waals surface area contributed by atoms with Gasteiger partial charge in [-0.3, -0.25) is 4.79 Å². The van der Waals surface area contributed by atoms with E-state index in [1.807, 2.05) is 42.5 Å². The van der Waals surface area contributed by atoms with Crippen molar-refractivity contribution in [3.8, 4) is 0 Å². The Hall–Kier alpha value is -3.32. The maximum absolute atomic E-state index is 12.4. The van der Waals surface area contributed by atoms with Gasteiger partial charge in [0, 0.05) is 32.3 Å². The van der Waals surface area contributed by atoms with Crippen molar-refractivity contribution in [1.29, 1.82) is 0 Å². The number of nitrogen functional groups attached to an aromatic ring is 1. The lowest BCUT2D eigenvalue weighted by Crippen LogP contribution is -2.22. The summed E-state index contributed by atoms with van der Waals surface area (Å²) in [6.45, 7) is 11.4. The summed E-state index contributed by atoms with van der Waals surface area (Å²) in [5.41, 5.74) is 13.1. The number of alkyl halides is 1. The standard InChI is InChI=1S/C17H16ClNO.C10H10BrClO2.C9H13N/c1-11(2)12-4-7-15(8-5-12)19-10-13-3-6-14(18)9-16(13)17(19)20;1-2-14-10(13)9-5-8(12)4-3-7(9)6-11;1-7(2)8-3-5-9(10)6-4-8/h3-9,11H,10H2,1-2H3;3-5H,2,6H2,1H3;3-7H,10H2,1-2H3. The minimum atomic E-state index is -0.329. The van der Waals surface area contributed by atoms with Crippen LogP contribution in [-0.2, 0) is 16.6 Å². The molecule has 5 rings (SSSR count). The third kappa shape index (κ3) is 9.59. The number of benzene rings is 4. The van der Waals surface area contributed by atoms with Crippen LogP contribution in [0, 0.1) is 0 Å². The van der Waals surface area contributed by atoms with Gasteiger partial charge in [0.25, 0.3) is 5.91 Å². The lowest BCUT2D eigenvalue weighted by Gasteiger charge is -2.16. The summed E-state index contributed by atoms with van der Waals surface area (Å²) in [5.74, 6) is 0.791. The first-order valence-corrected chi connectivity index (χ1v) is 16.4. The number of nitrogens with two attached hydrogens (primary N) is 1. The first kappa shape index (κ1) is 35.2. The number of fused-ring (bicyclic) bond motifs is 1. The van der Waals surface area contributed by atoms with Crippen LogP contribution in [0.3, 0.4) is 0 Å². The molecule has 2 N–H and O–H groups in total. The highest BCUT2D eigenvalue weighted by molar-refractivity contribution is 9.08. The minimum Gasteiger partial charge on any atom is -0.462 e. The van der Waals surface area contributed by atoms with Crippen molar-refractivity contribution < 1.29 is 14.3 Å². The quantitative estimate of drug-likeness (QED) is 0.124. The summed E-state index contributed by atoms with van der Waals surface area (Å²) < 4.78 is 4.91. The van der Waals surface area contributed by atoms with Crippen molar-refractivity contribution in [3.05, 3.63) is 128 Å². The van der Waals surface area contributed by atoms with E-state index in [1.54, 1.807) is 30.0 Å². The first-order valence-electron chi connectivity index (χ1n) is 14.5. The van der Waals surface area contributed by atoms with Crippen molar-refractivity contribution in [2.45, 2.75) is 58.3 Å². The van der Waals surface area contributed by atoms with Crippen molar-refractivity contribution >= 4 is 62.4 Å². The summed E-state index contributed by atoms with van der Waals surface area (Å²) in [7, 11) is 0. The third-order valence-corrected chi connectivity index (χ3v) is 8.14. The zero-order chi connectivity index (χ0) is 32.4. The molecule has 4 aromatic carbocycles. The van der Waals surface area contributed by atoms with E-state index in [2.05, 4.69) is 67.9 Å². The Morgan fingerprint density at radius 3 is 1.95 bits per heavy atom. The fourth-order valence-electron chi connectivity index (χ4n) is 4.47. The molecule has 1 aliphatic rings. The Bertz CT molecular complexity index is 1560. The van der Waals surface area contributed by atoms with E-state index in [-0.39, 0.29) is 11.9 Å². The van der Waals surface area contributed by atoms with Crippen molar-refractivity contribution in [2.24, 2.45) is 0 Å². The molecule has 0 aliphatic carbocycles. The van der Waals surface area contributed by atoms with Crippen molar-refractivity contribution in [1.82, 2.24) is 0 Å². The number of esters is 1. The highest BCUT2D eigenvalue weighted by atomic mass is 79.9. The van der Waals surface area contributed by atoms with Gasteiger partial charge in [-0.05, 0) is 89.5 Å². The van der Waals surface area contributed by atoms with Gasteiger partial charge in [-0.1, -0.05) is 103 Å². The van der Waals surface area contributed by atoms with Crippen molar-refractivity contribution in [2.75, 3.05) is 17.2 Å². The van der Waals surface area contributed by atoms with Crippen LogP contribution in [0.25, 0.3) is 0 Å². The molecule has 44 heavy (non-hydrogen) atoms. The predicted octanol–water partition coefficient (Wildman–Crippen LogP) is 10.4. The molecule has 1 heterocycles. The summed E-state index contributed by atoms with van der Waals surface area (Å²) in [6, 6.07) is 26.9. The SMILES string of the molecule is CC(C)c1ccc(N)cc1.CC(C)c1ccc(N2Cc3ccc(Cl)cc3C2=O)cc1.CCOC(=O)c1cc(Cl)ccc1CBr. The topological polar surface area (TPSA) is 72.6 Å². The van der Waals surface area contributed by atoms with Crippen LogP contribution in [-0.4, -0.2) is 18.5 Å². The Labute approximate surface area is 279 Å². The number of amides is 1. The van der Waals surface area contributed by atoms with E-state index >= 15 is 0 Å². The van der Waals surface area contributed by atoms with Crippen LogP contribution in [0.4, 0.5) is 11.4 Å². The second-order valence-electron chi connectivity index (χ2n) is 10.9. The van der Waals surface area contributed by atoms with Crippen LogP contribution in [0.2, 0.25) is 10.0 Å². The number of carbonyl (C=O) groups is 2. The lowest BCUT2D eigenvalue weighted by molar-refractivity contribution is 0.0525. The van der Waals surface area contributed by atoms with Gasteiger partial charge in [0.05, 0.1) is 18.7 Å². The molecule has 0 bridgehead atoms. The van der Waals surface area contributed by atoms with E-state index in [0.29, 0.717) is 51.5 Å². The van der Waals surface area contributed by atoms with Crippen molar-refractivity contribution in [3.63, 3.8) is 0 Å². The lowest BCUT2D eigenvalue weighted by atomic mass is 10.0. The van der Waals surface area contributed by atoms with E-state index in [1.165, 1.54) is 11.1 Å². The zero-order valence-corrected chi connectivity index (χ0v) is 28.8. The van der Waals surface area contributed by atoms with Crippen LogP contribution in [0.15, 0.2) is 84.9 Å². The molecule has 0 saturated carbocycles. The number of hydrogen-bond acceptors (Lipinski definition) is 4. The molecular weight excluding hydrogens is 659 g/mol. The molecule has 0 spiro atoms. The molecule has 0 unspecified atom stereocenters. The van der Waals surface area contributed by atoms with Crippen LogP contribution < -0.4 is 10.6 Å². The second kappa shape index (κ2) is 16.7. The Kier molecular flexibility index (Phi) is 13.3. The second-order valence-corrected chi connectivity index (χ2v) is 12.3. The largest absolute Gasteiger partial charge is 0.462 e. The summed E-state index contributed by atoms with van der Waals surface area (Å²) >= 11 is 15.1. The highest BCUT2D eigenvalue weighted by Gasteiger charge is 2.28. The molecular formula is C36H39BrCl2N2O3. The fraction of sp³-hybridized carbons (Fsp3) is 0.278. The number of rotatable bonds is 6. The molecule has 5 nitrogen and oxygen atoms in total. The van der Waals surface area contributed by atoms with E-state index < -0.39 is 0 Å². The van der Waals surface area contributed by atoms with Gasteiger partial charge in [-0.2, -0.15) is 0 Å². The summed E-state index contributed by atoms with van der Waals surface area (Å²) in [6.07, 6.45) is 0.